The zero-order valence-electron chi connectivity index (χ0n) is 15.2. The number of nitrogens with zero attached hydrogens (tertiary/aromatic N) is 1. The molecule has 2 aromatic rings. The minimum atomic E-state index is -0.339. The van der Waals surface area contributed by atoms with Gasteiger partial charge in [-0.15, -0.1) is 0 Å². The number of hydrogen-bond acceptors (Lipinski definition) is 5. The highest BCUT2D eigenvalue weighted by Crippen LogP contribution is 2.19. The van der Waals surface area contributed by atoms with Gasteiger partial charge in [0.1, 0.15) is 5.76 Å². The number of carbonyl (C=O) groups is 3. The summed E-state index contributed by atoms with van der Waals surface area (Å²) >= 11 is 0. The number of rotatable bonds is 7. The molecule has 7 nitrogen and oxygen atoms in total. The monoisotopic (exact) mass is 369 g/mol. The molecular formula is C20H23N3O4. The first-order valence-electron chi connectivity index (χ1n) is 8.98. The van der Waals surface area contributed by atoms with Crippen LogP contribution in [0.2, 0.25) is 0 Å². The van der Waals surface area contributed by atoms with E-state index in [2.05, 4.69) is 10.6 Å². The average Bonchev–Trinajstić information content (AvgIpc) is 3.31. The highest BCUT2D eigenvalue weighted by molar-refractivity contribution is 6.04. The Balaban J connectivity index is 1.56. The lowest BCUT2D eigenvalue weighted by atomic mass is 10.1. The van der Waals surface area contributed by atoms with Gasteiger partial charge in [0.15, 0.2) is 5.78 Å². The number of Topliss-reactive ketones (excluding diaryl/α,β-unsaturated/α-hetero) is 1. The Morgan fingerprint density at radius 3 is 2.74 bits per heavy atom. The van der Waals surface area contributed by atoms with Gasteiger partial charge in [-0.3, -0.25) is 19.3 Å². The Morgan fingerprint density at radius 2 is 2.00 bits per heavy atom. The number of amides is 2. The fraction of sp³-hybridized carbons (Fsp3) is 0.350. The first-order valence-corrected chi connectivity index (χ1v) is 8.98. The van der Waals surface area contributed by atoms with Crippen LogP contribution in [0.3, 0.4) is 0 Å². The van der Waals surface area contributed by atoms with Gasteiger partial charge in [-0.1, -0.05) is 12.1 Å². The van der Waals surface area contributed by atoms with E-state index in [1.807, 2.05) is 4.90 Å². The van der Waals surface area contributed by atoms with Crippen LogP contribution in [0.5, 0.6) is 0 Å². The summed E-state index contributed by atoms with van der Waals surface area (Å²) in [6.45, 7) is 2.57. The lowest BCUT2D eigenvalue weighted by molar-refractivity contribution is -0.126. The highest BCUT2D eigenvalue weighted by Gasteiger charge is 2.31. The maximum Gasteiger partial charge on any atom is 0.238 e. The van der Waals surface area contributed by atoms with Crippen molar-refractivity contribution >= 4 is 23.3 Å². The normalized spacial score (nSPS) is 16.9. The van der Waals surface area contributed by atoms with E-state index in [4.69, 9.17) is 4.42 Å². The molecule has 27 heavy (non-hydrogen) atoms. The van der Waals surface area contributed by atoms with Gasteiger partial charge in [-0.2, -0.15) is 0 Å². The molecule has 7 heteroatoms. The van der Waals surface area contributed by atoms with Crippen molar-refractivity contribution < 1.29 is 18.8 Å². The minimum absolute atomic E-state index is 0.102. The van der Waals surface area contributed by atoms with Crippen molar-refractivity contribution in [1.29, 1.82) is 0 Å². The van der Waals surface area contributed by atoms with E-state index in [1.54, 1.807) is 42.7 Å². The number of nitrogens with one attached hydrogen (secondary N) is 2. The summed E-state index contributed by atoms with van der Waals surface area (Å²) in [7, 11) is 0. The van der Waals surface area contributed by atoms with Crippen LogP contribution in [0, 0.1) is 0 Å². The molecular weight excluding hydrogens is 346 g/mol. The second kappa shape index (κ2) is 8.64. The summed E-state index contributed by atoms with van der Waals surface area (Å²) in [4.78, 5) is 38.5. The predicted molar refractivity (Wildman–Crippen MR) is 100 cm³/mol. The number of hydrogen-bond donors (Lipinski definition) is 2. The number of carbonyl (C=O) groups excluding carboxylic acids is 3. The molecule has 0 aliphatic carbocycles. The first-order chi connectivity index (χ1) is 13.0. The molecule has 1 saturated heterocycles. The second-order valence-corrected chi connectivity index (χ2v) is 6.58. The van der Waals surface area contributed by atoms with Crippen molar-refractivity contribution in [1.82, 2.24) is 10.2 Å². The fourth-order valence-corrected chi connectivity index (χ4v) is 3.29. The highest BCUT2D eigenvalue weighted by atomic mass is 16.3. The van der Waals surface area contributed by atoms with Gasteiger partial charge in [-0.25, -0.2) is 0 Å². The van der Waals surface area contributed by atoms with Crippen LogP contribution in [0.1, 0.15) is 35.9 Å². The molecule has 2 amide bonds. The van der Waals surface area contributed by atoms with E-state index >= 15 is 0 Å². The van der Waals surface area contributed by atoms with Crippen LogP contribution in [0.4, 0.5) is 5.69 Å². The van der Waals surface area contributed by atoms with Crippen LogP contribution in [-0.4, -0.2) is 41.6 Å². The Hall–Kier alpha value is -2.93. The third kappa shape index (κ3) is 4.83. The smallest absolute Gasteiger partial charge is 0.238 e. The molecule has 1 atom stereocenters. The number of benzene rings is 1. The fourth-order valence-electron chi connectivity index (χ4n) is 3.29. The van der Waals surface area contributed by atoms with Crippen LogP contribution in [-0.2, 0) is 16.1 Å². The quantitative estimate of drug-likeness (QED) is 0.730. The zero-order chi connectivity index (χ0) is 19.2. The molecule has 0 bridgehead atoms. The Labute approximate surface area is 157 Å². The third-order valence-corrected chi connectivity index (χ3v) is 4.61. The molecule has 1 aromatic carbocycles. The molecule has 142 valence electrons. The van der Waals surface area contributed by atoms with Gasteiger partial charge in [0.05, 0.1) is 31.1 Å². The summed E-state index contributed by atoms with van der Waals surface area (Å²) in [5.74, 6) is 0.226. The number of anilines is 1. The molecule has 2 heterocycles. The van der Waals surface area contributed by atoms with Crippen molar-refractivity contribution in [2.24, 2.45) is 0 Å². The summed E-state index contributed by atoms with van der Waals surface area (Å²) in [6.07, 6.45) is 3.13. The van der Waals surface area contributed by atoms with E-state index in [9.17, 15) is 14.4 Å². The topological polar surface area (TPSA) is 91.7 Å². The predicted octanol–water partition coefficient (Wildman–Crippen LogP) is 2.20. The van der Waals surface area contributed by atoms with Crippen molar-refractivity contribution in [2.45, 2.75) is 32.4 Å². The SMILES string of the molecule is CC(=O)c1ccccc1NC(=O)CN1CCC[C@H]1C(=O)NCc1ccco1. The number of ketones is 1. The average molecular weight is 369 g/mol. The molecule has 0 spiro atoms. The van der Waals surface area contributed by atoms with E-state index in [1.165, 1.54) is 6.92 Å². The molecule has 3 rings (SSSR count). The largest absolute Gasteiger partial charge is 0.467 e. The van der Waals surface area contributed by atoms with Crippen molar-refractivity contribution in [3.63, 3.8) is 0 Å². The molecule has 1 fully saturated rings. The van der Waals surface area contributed by atoms with Gasteiger partial charge in [0.2, 0.25) is 11.8 Å². The maximum absolute atomic E-state index is 12.5. The Morgan fingerprint density at radius 1 is 1.19 bits per heavy atom. The van der Waals surface area contributed by atoms with E-state index in [0.29, 0.717) is 36.5 Å². The van der Waals surface area contributed by atoms with Crippen LogP contribution in [0.25, 0.3) is 0 Å². The van der Waals surface area contributed by atoms with Gasteiger partial charge in [0.25, 0.3) is 0 Å². The maximum atomic E-state index is 12.5. The lowest BCUT2D eigenvalue weighted by Crippen LogP contribution is -2.45. The molecule has 0 radical (unpaired) electrons. The van der Waals surface area contributed by atoms with Crippen molar-refractivity contribution in [2.75, 3.05) is 18.4 Å². The molecule has 0 saturated carbocycles. The minimum Gasteiger partial charge on any atom is -0.467 e. The summed E-state index contributed by atoms with van der Waals surface area (Å²) in [5, 5.41) is 5.64. The van der Waals surface area contributed by atoms with E-state index < -0.39 is 0 Å². The molecule has 2 N–H and O–H groups in total. The third-order valence-electron chi connectivity index (χ3n) is 4.61. The van der Waals surface area contributed by atoms with Gasteiger partial charge >= 0.3 is 0 Å². The Kier molecular flexibility index (Phi) is 6.03. The van der Waals surface area contributed by atoms with Crippen LogP contribution >= 0.6 is 0 Å². The molecule has 1 aromatic heterocycles. The molecule has 0 unspecified atom stereocenters. The Bertz CT molecular complexity index is 816. The van der Waals surface area contributed by atoms with E-state index in [-0.39, 0.29) is 30.2 Å². The number of para-hydroxylation sites is 1. The van der Waals surface area contributed by atoms with Gasteiger partial charge in [-0.05, 0) is 50.6 Å². The molecule has 1 aliphatic heterocycles. The number of likely N-dealkylation sites (tertiary alicyclic amines) is 1. The van der Waals surface area contributed by atoms with Gasteiger partial charge in [0, 0.05) is 5.56 Å². The first kappa shape index (κ1) is 18.8. The number of furan rings is 1. The second-order valence-electron chi connectivity index (χ2n) is 6.58. The van der Waals surface area contributed by atoms with E-state index in [0.717, 1.165) is 6.42 Å². The standard InChI is InChI=1S/C20H23N3O4/c1-14(24)16-7-2-3-8-17(16)22-19(25)13-23-10-4-9-18(23)20(26)21-12-15-6-5-11-27-15/h2-3,5-8,11,18H,4,9-10,12-13H2,1H3,(H,21,26)(H,22,25)/t18-/m0/s1. The molecule has 1 aliphatic rings. The summed E-state index contributed by atoms with van der Waals surface area (Å²) in [6, 6.07) is 10.1. The van der Waals surface area contributed by atoms with Crippen molar-refractivity contribution in [3.8, 4) is 0 Å². The zero-order valence-corrected chi connectivity index (χ0v) is 15.2. The van der Waals surface area contributed by atoms with Crippen molar-refractivity contribution in [3.05, 3.63) is 54.0 Å². The summed E-state index contributed by atoms with van der Waals surface area (Å²) in [5.41, 5.74) is 0.966. The summed E-state index contributed by atoms with van der Waals surface area (Å²) < 4.78 is 5.21. The van der Waals surface area contributed by atoms with Crippen LogP contribution in [0.15, 0.2) is 47.1 Å². The van der Waals surface area contributed by atoms with Crippen LogP contribution < -0.4 is 10.6 Å². The lowest BCUT2D eigenvalue weighted by Gasteiger charge is -2.23. The van der Waals surface area contributed by atoms with Gasteiger partial charge < -0.3 is 15.1 Å².